The third kappa shape index (κ3) is 14.1. The maximum atomic E-state index is 14.4. The van der Waals surface area contributed by atoms with Crippen LogP contribution in [0.1, 0.15) is 182 Å². The predicted molar refractivity (Wildman–Crippen MR) is 237 cm³/mol. The van der Waals surface area contributed by atoms with E-state index in [0.29, 0.717) is 63.8 Å². The molecule has 9 nitrogen and oxygen atoms in total. The lowest BCUT2D eigenvalue weighted by Crippen LogP contribution is -2.63. The molecule has 3 atom stereocenters. The molecule has 9 heteroatoms. The predicted octanol–water partition coefficient (Wildman–Crippen LogP) is 10.0. The average Bonchev–Trinajstić information content (AvgIpc) is 3.66. The zero-order valence-electron chi connectivity index (χ0n) is 39.9. The molecule has 2 saturated heterocycles. The van der Waals surface area contributed by atoms with E-state index in [1.165, 1.54) is 0 Å². The minimum absolute atomic E-state index is 0.110. The zero-order chi connectivity index (χ0) is 44.1. The van der Waals surface area contributed by atoms with E-state index in [-0.39, 0.29) is 34.8 Å². The van der Waals surface area contributed by atoms with Crippen molar-refractivity contribution in [3.63, 3.8) is 0 Å². The van der Waals surface area contributed by atoms with Crippen molar-refractivity contribution in [2.45, 2.75) is 216 Å². The number of nitrogens with zero attached hydrogens (tertiary/aromatic N) is 2. The molecule has 0 aliphatic carbocycles. The highest BCUT2D eigenvalue weighted by Gasteiger charge is 2.53. The van der Waals surface area contributed by atoms with Gasteiger partial charge in [0.05, 0.1) is 23.2 Å². The fourth-order valence-electron chi connectivity index (χ4n) is 9.41. The van der Waals surface area contributed by atoms with E-state index in [0.717, 1.165) is 19.4 Å². The molecular formula is C48H86N4O5. The molecular weight excluding hydrogens is 713 g/mol. The zero-order valence-corrected chi connectivity index (χ0v) is 39.9. The Labute approximate surface area is 349 Å². The van der Waals surface area contributed by atoms with Gasteiger partial charge in [0.1, 0.15) is 0 Å². The normalized spacial score (nSPS) is 23.1. The van der Waals surface area contributed by atoms with E-state index in [1.807, 2.05) is 89.2 Å². The maximum absolute atomic E-state index is 14.4. The fraction of sp³-hybridized carbons (Fsp3) is 0.833. The number of amides is 1. The fourth-order valence-corrected chi connectivity index (χ4v) is 9.41. The highest BCUT2D eigenvalue weighted by Crippen LogP contribution is 2.43. The Kier molecular flexibility index (Phi) is 16.5. The van der Waals surface area contributed by atoms with Gasteiger partial charge in [0.2, 0.25) is 0 Å². The number of nitrogens with one attached hydrogen (secondary N) is 2. The van der Waals surface area contributed by atoms with Gasteiger partial charge < -0.3 is 15.0 Å². The molecule has 2 rings (SSSR count). The first-order valence-electron chi connectivity index (χ1n) is 21.8. The summed E-state index contributed by atoms with van der Waals surface area (Å²) in [5, 5.41) is 7.33. The summed E-state index contributed by atoms with van der Waals surface area (Å²) >= 11 is 0. The van der Waals surface area contributed by atoms with Crippen molar-refractivity contribution in [2.24, 2.45) is 16.2 Å². The molecule has 1 unspecified atom stereocenters. The number of ketones is 3. The minimum Gasteiger partial charge on any atom is -0.449 e. The van der Waals surface area contributed by atoms with E-state index in [9.17, 15) is 19.2 Å². The topological polar surface area (TPSA) is 108 Å². The molecule has 2 aliphatic rings. The van der Waals surface area contributed by atoms with Crippen LogP contribution in [0.4, 0.5) is 4.79 Å². The van der Waals surface area contributed by atoms with Gasteiger partial charge in [-0.25, -0.2) is 4.79 Å². The summed E-state index contributed by atoms with van der Waals surface area (Å²) in [6, 6.07) is 0. The molecule has 0 aromatic rings. The quantitative estimate of drug-likeness (QED) is 0.117. The number of likely N-dealkylation sites (tertiary alicyclic amines) is 2. The summed E-state index contributed by atoms with van der Waals surface area (Å²) in [6.45, 7) is 38.9. The molecule has 1 amide bonds. The number of allylic oxidation sites excluding steroid dienone is 2. The molecule has 2 N–H and O–H groups in total. The molecule has 2 aliphatic heterocycles. The molecule has 2 fully saturated rings. The van der Waals surface area contributed by atoms with E-state index in [2.05, 4.69) is 75.3 Å². The number of Topliss-reactive ketones (excluding diaryl/α,β-unsaturated/α-hetero) is 3. The van der Waals surface area contributed by atoms with Crippen LogP contribution in [0, 0.1) is 16.2 Å². The number of ether oxygens (including phenoxy) is 1. The Morgan fingerprint density at radius 1 is 0.632 bits per heavy atom. The van der Waals surface area contributed by atoms with Gasteiger partial charge in [-0.05, 0) is 127 Å². The summed E-state index contributed by atoms with van der Waals surface area (Å²) in [7, 11) is 0. The van der Waals surface area contributed by atoms with Crippen molar-refractivity contribution in [3.8, 4) is 0 Å². The monoisotopic (exact) mass is 799 g/mol. The van der Waals surface area contributed by atoms with Gasteiger partial charge in [0.15, 0.2) is 17.3 Å². The number of carbonyl (C=O) groups is 4. The summed E-state index contributed by atoms with van der Waals surface area (Å²) in [5.74, 6) is 0.611. The van der Waals surface area contributed by atoms with Crippen LogP contribution in [0.5, 0.6) is 0 Å². The first-order valence-corrected chi connectivity index (χ1v) is 21.8. The van der Waals surface area contributed by atoms with Gasteiger partial charge in [0.25, 0.3) is 0 Å². The van der Waals surface area contributed by atoms with Crippen LogP contribution < -0.4 is 10.6 Å². The average molecular weight is 799 g/mol. The number of hydrogen-bond donors (Lipinski definition) is 2. The van der Waals surface area contributed by atoms with Crippen LogP contribution in [0.2, 0.25) is 0 Å². The number of rotatable bonds is 16. The highest BCUT2D eigenvalue weighted by atomic mass is 16.6. The van der Waals surface area contributed by atoms with Crippen molar-refractivity contribution >= 4 is 23.4 Å². The smallest absolute Gasteiger partial charge is 0.409 e. The molecule has 0 saturated carbocycles. The lowest BCUT2D eigenvalue weighted by Gasteiger charge is -2.47. The van der Waals surface area contributed by atoms with Crippen LogP contribution in [-0.4, -0.2) is 92.7 Å². The summed E-state index contributed by atoms with van der Waals surface area (Å²) in [4.78, 5) is 59.3. The van der Waals surface area contributed by atoms with Crippen LogP contribution >= 0.6 is 0 Å². The Bertz CT molecular complexity index is 1460. The van der Waals surface area contributed by atoms with Gasteiger partial charge in [0, 0.05) is 46.0 Å². The molecule has 328 valence electrons. The van der Waals surface area contributed by atoms with Crippen molar-refractivity contribution in [3.05, 3.63) is 24.3 Å². The Hall–Kier alpha value is -2.36. The van der Waals surface area contributed by atoms with Gasteiger partial charge in [-0.2, -0.15) is 0 Å². The number of hydrogen-bond acceptors (Lipinski definition) is 8. The van der Waals surface area contributed by atoms with Crippen molar-refractivity contribution in [2.75, 3.05) is 26.2 Å². The van der Waals surface area contributed by atoms with Crippen LogP contribution in [0.3, 0.4) is 0 Å². The second-order valence-corrected chi connectivity index (χ2v) is 23.4. The summed E-state index contributed by atoms with van der Waals surface area (Å²) in [5.41, 5.74) is -4.33. The van der Waals surface area contributed by atoms with Crippen LogP contribution in [0.25, 0.3) is 0 Å². The molecule has 2 heterocycles. The van der Waals surface area contributed by atoms with Crippen LogP contribution in [-0.2, 0) is 19.1 Å². The highest BCUT2D eigenvalue weighted by molar-refractivity contribution is 5.95. The van der Waals surface area contributed by atoms with E-state index >= 15 is 0 Å². The molecule has 0 radical (unpaired) electrons. The largest absolute Gasteiger partial charge is 0.449 e. The molecule has 0 aromatic carbocycles. The van der Waals surface area contributed by atoms with Gasteiger partial charge in [-0.1, -0.05) is 86.6 Å². The Balaban J connectivity index is 2.16. The van der Waals surface area contributed by atoms with E-state index in [4.69, 9.17) is 4.74 Å². The van der Waals surface area contributed by atoms with Crippen LogP contribution in [0.15, 0.2) is 24.3 Å². The Morgan fingerprint density at radius 2 is 1.16 bits per heavy atom. The van der Waals surface area contributed by atoms with Crippen molar-refractivity contribution in [1.82, 2.24) is 20.4 Å². The van der Waals surface area contributed by atoms with Gasteiger partial charge in [-0.15, -0.1) is 0 Å². The second-order valence-electron chi connectivity index (χ2n) is 23.4. The molecule has 0 bridgehead atoms. The third-order valence-corrected chi connectivity index (χ3v) is 11.2. The molecule has 57 heavy (non-hydrogen) atoms. The third-order valence-electron chi connectivity index (χ3n) is 11.2. The Morgan fingerprint density at radius 3 is 1.63 bits per heavy atom. The summed E-state index contributed by atoms with van der Waals surface area (Å²) in [6.07, 6.45) is 14.4. The van der Waals surface area contributed by atoms with Gasteiger partial charge in [-0.3, -0.25) is 24.6 Å². The van der Waals surface area contributed by atoms with Crippen molar-refractivity contribution < 1.29 is 23.9 Å². The summed E-state index contributed by atoms with van der Waals surface area (Å²) < 4.78 is 5.69. The molecule has 0 aromatic heterocycles. The first kappa shape index (κ1) is 50.8. The number of carbonyl (C=O) groups excluding carboxylic acids is 4. The van der Waals surface area contributed by atoms with Gasteiger partial charge >= 0.3 is 6.09 Å². The first-order chi connectivity index (χ1) is 25.6. The lowest BCUT2D eigenvalue weighted by molar-refractivity contribution is -0.140. The van der Waals surface area contributed by atoms with E-state index in [1.54, 1.807) is 4.90 Å². The second kappa shape index (κ2) is 18.5. The minimum atomic E-state index is -0.805. The van der Waals surface area contributed by atoms with Crippen molar-refractivity contribution in [1.29, 1.82) is 0 Å². The van der Waals surface area contributed by atoms with E-state index < -0.39 is 39.0 Å². The maximum Gasteiger partial charge on any atom is 0.409 e. The SMILES string of the molecule is CC(C)(C)NC(CC/C=C/CCOC(=O)N1CC[C@@](NC(C)(C)C)(C(=O)C(C)(C)C)C1)(CC/C=C/C[C@@]1(C(=O)C(C)(C)C)CCCN1C(C)(C)C)C(=O)C(C)(C)C. The lowest BCUT2D eigenvalue weighted by atomic mass is 9.72. The standard InChI is InChI=1S/C48H86N4O5/c1-40(2,3)36(53)46(49-43(10,11)12,28-23-21-24-29-48(38(55)42(7,8)9)30-26-32-52(48)45(16,17)18)27-22-19-20-25-34-57-39(56)51-33-31-47(35-51,50-44(13,14)15)37(54)41(4,5)6/h19-21,24,49-50H,22-23,25-35H2,1-18H3/b20-19+,24-21+/t46?,47-,48-/m0/s1. The molecule has 0 spiro atoms.